The Balaban J connectivity index is 1.03. The molecular weight excluding hydrogens is 815 g/mol. The molecule has 3 aromatic heterocycles. The summed E-state index contributed by atoms with van der Waals surface area (Å²) >= 11 is 0. The number of hydrogen-bond donors (Lipinski definition) is 0. The molecule has 0 aliphatic heterocycles. The lowest BCUT2D eigenvalue weighted by atomic mass is 9.98. The third kappa shape index (κ3) is 7.62. The predicted octanol–water partition coefficient (Wildman–Crippen LogP) is 15.9. The van der Waals surface area contributed by atoms with Crippen molar-refractivity contribution in [3.63, 3.8) is 0 Å². The van der Waals surface area contributed by atoms with Gasteiger partial charge >= 0.3 is 0 Å². The smallest absolute Gasteiger partial charge is 0.160 e. The van der Waals surface area contributed by atoms with Gasteiger partial charge in [0.05, 0.1) is 33.8 Å². The molecule has 1 aliphatic carbocycles. The summed E-state index contributed by atoms with van der Waals surface area (Å²) in [5.74, 6) is 1.37. The predicted molar refractivity (Wildman–Crippen MR) is 277 cm³/mol. The van der Waals surface area contributed by atoms with Gasteiger partial charge in [-0.3, -0.25) is 0 Å². The number of allylic oxidation sites excluding steroid dienone is 4. The van der Waals surface area contributed by atoms with Gasteiger partial charge < -0.3 is 4.57 Å². The van der Waals surface area contributed by atoms with Crippen LogP contribution in [0.2, 0.25) is 0 Å². The van der Waals surface area contributed by atoms with Crippen LogP contribution in [0.15, 0.2) is 237 Å². The number of para-hydroxylation sites is 2. The van der Waals surface area contributed by atoms with Crippen molar-refractivity contribution in [2.24, 2.45) is 0 Å². The van der Waals surface area contributed by atoms with Crippen molar-refractivity contribution >= 4 is 27.5 Å². The molecule has 0 spiro atoms. The highest BCUT2D eigenvalue weighted by atomic mass is 15.0. The van der Waals surface area contributed by atoms with E-state index >= 15 is 0 Å². The van der Waals surface area contributed by atoms with E-state index in [9.17, 15) is 0 Å². The summed E-state index contributed by atoms with van der Waals surface area (Å²) < 4.78 is 2.49. The van der Waals surface area contributed by atoms with E-state index in [0.29, 0.717) is 11.6 Å². The van der Waals surface area contributed by atoms with Crippen molar-refractivity contribution in [2.75, 3.05) is 0 Å². The van der Waals surface area contributed by atoms with Crippen LogP contribution in [0.5, 0.6) is 0 Å². The molecule has 0 bridgehead atoms. The minimum absolute atomic E-state index is 0.684. The molecule has 11 aromatic rings. The molecule has 0 unspecified atom stereocenters. The Morgan fingerprint density at radius 2 is 0.672 bits per heavy atom. The largest absolute Gasteiger partial charge is 0.308 e. The molecule has 0 atom stereocenters. The van der Waals surface area contributed by atoms with Crippen LogP contribution in [-0.4, -0.2) is 24.5 Å². The summed E-state index contributed by atoms with van der Waals surface area (Å²) in [5, 5.41) is 2.38. The molecule has 0 fully saturated rings. The first-order valence-corrected chi connectivity index (χ1v) is 22.9. The Morgan fingerprint density at radius 3 is 1.04 bits per heavy atom. The van der Waals surface area contributed by atoms with Gasteiger partial charge in [0.15, 0.2) is 11.6 Å². The summed E-state index contributed by atoms with van der Waals surface area (Å²) in [6, 6.07) is 76.5. The maximum atomic E-state index is 5.19. The summed E-state index contributed by atoms with van der Waals surface area (Å²) in [4.78, 5) is 20.8. The van der Waals surface area contributed by atoms with Crippen molar-refractivity contribution in [3.8, 4) is 90.1 Å². The van der Waals surface area contributed by atoms with Crippen LogP contribution in [0, 0.1) is 0 Å². The molecule has 0 radical (unpaired) electrons. The second-order valence-electron chi connectivity index (χ2n) is 16.9. The zero-order valence-corrected chi connectivity index (χ0v) is 36.7. The second kappa shape index (κ2) is 17.3. The molecule has 0 saturated heterocycles. The van der Waals surface area contributed by atoms with Crippen molar-refractivity contribution in [1.82, 2.24) is 24.5 Å². The van der Waals surface area contributed by atoms with Gasteiger partial charge in [-0.2, -0.15) is 0 Å². The van der Waals surface area contributed by atoms with E-state index in [1.54, 1.807) is 0 Å². The Hall–Kier alpha value is -8.80. The fraction of sp³-hybridized carbons (Fsp3) is 0.0323. The normalized spacial score (nSPS) is 12.4. The topological polar surface area (TPSA) is 56.5 Å². The van der Waals surface area contributed by atoms with Gasteiger partial charge in [-0.15, -0.1) is 0 Å². The molecule has 316 valence electrons. The van der Waals surface area contributed by atoms with E-state index in [0.717, 1.165) is 108 Å². The Kier molecular flexibility index (Phi) is 10.3. The quantitative estimate of drug-likeness (QED) is 0.145. The first kappa shape index (κ1) is 39.8. The zero-order chi connectivity index (χ0) is 44.5. The molecule has 8 aromatic carbocycles. The average molecular weight is 858 g/mol. The lowest BCUT2D eigenvalue weighted by molar-refractivity contribution is 1.02. The van der Waals surface area contributed by atoms with Gasteiger partial charge in [0.25, 0.3) is 0 Å². The van der Waals surface area contributed by atoms with Crippen molar-refractivity contribution in [3.05, 3.63) is 237 Å². The molecule has 5 nitrogen and oxygen atoms in total. The Labute approximate surface area is 389 Å². The van der Waals surface area contributed by atoms with Crippen molar-refractivity contribution < 1.29 is 0 Å². The van der Waals surface area contributed by atoms with Crippen molar-refractivity contribution in [1.29, 1.82) is 0 Å². The number of benzene rings is 8. The Bertz CT molecular complexity index is 3320. The standard InChI is InChI=1S/C62H43N5/c1-6-20-42(21-7-1)55-40-56(43-22-8-2-9-23-43)64-61(63-55)48-30-16-28-46(38-48)51-34-18-36-53-54-37-19-35-52(60(54)67(59(51)53)50-32-14-5-15-33-50)47-29-17-31-49(39-47)62-65-57(44-24-10-3-11-25-44)41-58(66-62)45-26-12-4-13-27-45/h1-4,6-14,16-41H,5,15H2. The fourth-order valence-corrected chi connectivity index (χ4v) is 9.44. The molecule has 5 heteroatoms. The summed E-state index contributed by atoms with van der Waals surface area (Å²) in [6.45, 7) is 0. The monoisotopic (exact) mass is 857 g/mol. The summed E-state index contributed by atoms with van der Waals surface area (Å²) in [7, 11) is 0. The van der Waals surface area contributed by atoms with Crippen LogP contribution in [0.25, 0.3) is 118 Å². The first-order chi connectivity index (χ1) is 33.2. The minimum atomic E-state index is 0.684. The van der Waals surface area contributed by atoms with Gasteiger partial charge in [0.2, 0.25) is 0 Å². The van der Waals surface area contributed by atoms with Crippen LogP contribution >= 0.6 is 0 Å². The highest BCUT2D eigenvalue weighted by Gasteiger charge is 2.22. The van der Waals surface area contributed by atoms with E-state index < -0.39 is 0 Å². The van der Waals surface area contributed by atoms with Gasteiger partial charge in [-0.25, -0.2) is 19.9 Å². The molecule has 12 rings (SSSR count). The average Bonchev–Trinajstić information content (AvgIpc) is 3.77. The van der Waals surface area contributed by atoms with Gasteiger partial charge in [0, 0.05) is 61.0 Å². The van der Waals surface area contributed by atoms with E-state index in [1.807, 2.05) is 24.3 Å². The van der Waals surface area contributed by atoms with E-state index in [1.165, 1.54) is 10.8 Å². The summed E-state index contributed by atoms with van der Waals surface area (Å²) in [6.07, 6.45) is 8.94. The third-order valence-electron chi connectivity index (χ3n) is 12.6. The Morgan fingerprint density at radius 1 is 0.313 bits per heavy atom. The molecule has 1 aliphatic rings. The fourth-order valence-electron chi connectivity index (χ4n) is 9.44. The highest BCUT2D eigenvalue weighted by molar-refractivity contribution is 6.18. The molecule has 0 amide bonds. The number of hydrogen-bond acceptors (Lipinski definition) is 4. The van der Waals surface area contributed by atoms with Crippen LogP contribution in [-0.2, 0) is 0 Å². The van der Waals surface area contributed by atoms with Crippen LogP contribution in [0.1, 0.15) is 12.8 Å². The number of aromatic nitrogens is 5. The van der Waals surface area contributed by atoms with Crippen LogP contribution < -0.4 is 0 Å². The lowest BCUT2D eigenvalue weighted by Gasteiger charge is -2.17. The summed E-state index contributed by atoms with van der Waals surface area (Å²) in [5.41, 5.74) is 17.6. The van der Waals surface area contributed by atoms with Crippen LogP contribution in [0.4, 0.5) is 0 Å². The van der Waals surface area contributed by atoms with E-state index in [-0.39, 0.29) is 0 Å². The highest BCUT2D eigenvalue weighted by Crippen LogP contribution is 2.44. The molecule has 67 heavy (non-hydrogen) atoms. The second-order valence-corrected chi connectivity index (χ2v) is 16.9. The van der Waals surface area contributed by atoms with Gasteiger partial charge in [0.1, 0.15) is 0 Å². The number of rotatable bonds is 9. The van der Waals surface area contributed by atoms with Crippen LogP contribution in [0.3, 0.4) is 0 Å². The zero-order valence-electron chi connectivity index (χ0n) is 36.7. The maximum Gasteiger partial charge on any atom is 0.160 e. The van der Waals surface area contributed by atoms with Gasteiger partial charge in [-0.1, -0.05) is 206 Å². The first-order valence-electron chi connectivity index (χ1n) is 22.9. The van der Waals surface area contributed by atoms with Gasteiger partial charge in [-0.05, 0) is 54.3 Å². The van der Waals surface area contributed by atoms with E-state index in [2.05, 4.69) is 217 Å². The maximum absolute atomic E-state index is 5.19. The third-order valence-corrected chi connectivity index (χ3v) is 12.6. The molecular formula is C62H43N5. The number of fused-ring (bicyclic) bond motifs is 3. The molecule has 3 heterocycles. The minimum Gasteiger partial charge on any atom is -0.308 e. The number of nitrogens with zero attached hydrogens (tertiary/aromatic N) is 5. The lowest BCUT2D eigenvalue weighted by Crippen LogP contribution is -2.00. The SMILES string of the molecule is C1=CC(n2c3c(-c4cccc(-c5nc(-c6ccccc6)cc(-c6ccccc6)n5)c4)cccc3c3cccc(-c4cccc(-c5nc(-c6ccccc6)cc(-c6ccccc6)n5)c4)c32)=CCC1. The molecule has 0 saturated carbocycles. The molecule has 0 N–H and O–H groups in total. The van der Waals surface area contributed by atoms with Crippen molar-refractivity contribution in [2.45, 2.75) is 12.8 Å². The van der Waals surface area contributed by atoms with E-state index in [4.69, 9.17) is 19.9 Å².